The Hall–Kier alpha value is -3.68. The Balaban J connectivity index is 1.55. The molecule has 2 aromatic rings. The molecule has 0 unspecified atom stereocenters. The lowest BCUT2D eigenvalue weighted by atomic mass is 10.1. The molecule has 8 nitrogen and oxygen atoms in total. The second-order valence-corrected chi connectivity index (χ2v) is 9.81. The molecule has 4 amide bonds. The van der Waals surface area contributed by atoms with Gasteiger partial charge in [-0.15, -0.1) is 0 Å². The number of carbonyl (C=O) groups is 4. The van der Waals surface area contributed by atoms with Gasteiger partial charge in [-0.25, -0.2) is 0 Å². The molecule has 0 atom stereocenters. The summed E-state index contributed by atoms with van der Waals surface area (Å²) in [6.45, 7) is 7.34. The van der Waals surface area contributed by atoms with Crippen LogP contribution in [0.2, 0.25) is 0 Å². The highest BCUT2D eigenvalue weighted by molar-refractivity contribution is 5.94. The number of anilines is 4. The number of hydrogen-bond acceptors (Lipinski definition) is 4. The third-order valence-electron chi connectivity index (χ3n) is 5.73. The van der Waals surface area contributed by atoms with Gasteiger partial charge in [0.1, 0.15) is 0 Å². The highest BCUT2D eigenvalue weighted by atomic mass is 16.2. The summed E-state index contributed by atoms with van der Waals surface area (Å²) in [4.78, 5) is 47.8. The molecule has 200 valence electrons. The highest BCUT2D eigenvalue weighted by Crippen LogP contribution is 2.17. The number of unbranched alkanes of at least 4 members (excludes halogenated alkanes) is 4. The molecule has 37 heavy (non-hydrogen) atoms. The number of nitrogens with one attached hydrogen (secondary N) is 4. The number of benzene rings is 2. The molecule has 2 rings (SSSR count). The van der Waals surface area contributed by atoms with E-state index in [1.54, 1.807) is 48.5 Å². The average Bonchev–Trinajstić information content (AvgIpc) is 2.85. The van der Waals surface area contributed by atoms with E-state index in [2.05, 4.69) is 21.3 Å². The first-order valence-corrected chi connectivity index (χ1v) is 13.1. The van der Waals surface area contributed by atoms with Gasteiger partial charge >= 0.3 is 0 Å². The lowest BCUT2D eigenvalue weighted by molar-refractivity contribution is -0.119. The summed E-state index contributed by atoms with van der Waals surface area (Å²) in [6, 6.07) is 14.2. The van der Waals surface area contributed by atoms with Crippen LogP contribution in [-0.4, -0.2) is 23.6 Å². The normalized spacial score (nSPS) is 10.8. The molecule has 0 fully saturated rings. The van der Waals surface area contributed by atoms with Crippen LogP contribution >= 0.6 is 0 Å². The Morgan fingerprint density at radius 1 is 0.486 bits per heavy atom. The number of hydrogen-bond donors (Lipinski definition) is 4. The van der Waals surface area contributed by atoms with E-state index in [9.17, 15) is 19.2 Å². The minimum Gasteiger partial charge on any atom is -0.326 e. The van der Waals surface area contributed by atoms with Crippen molar-refractivity contribution in [2.45, 2.75) is 72.6 Å². The molecule has 0 radical (unpaired) electrons. The third kappa shape index (κ3) is 11.7. The van der Waals surface area contributed by atoms with Gasteiger partial charge in [0.05, 0.1) is 0 Å². The first-order valence-electron chi connectivity index (χ1n) is 13.1. The summed E-state index contributed by atoms with van der Waals surface area (Å²) in [7, 11) is 0. The lowest BCUT2D eigenvalue weighted by Crippen LogP contribution is -2.17. The van der Waals surface area contributed by atoms with Gasteiger partial charge in [-0.05, 0) is 61.4 Å². The molecule has 0 heterocycles. The SMILES string of the molecule is CC(C)C(=O)Nc1ccc(NC(=O)CCCCCCCC(=O)Nc2ccc(NC(=O)C(C)C)cc2)cc1. The predicted octanol–water partition coefficient (Wildman–Crippen LogP) is 6.18. The van der Waals surface area contributed by atoms with Crippen molar-refractivity contribution in [2.75, 3.05) is 21.3 Å². The average molecular weight is 509 g/mol. The topological polar surface area (TPSA) is 116 Å². The molecule has 4 N–H and O–H groups in total. The lowest BCUT2D eigenvalue weighted by Gasteiger charge is -2.10. The smallest absolute Gasteiger partial charge is 0.226 e. The van der Waals surface area contributed by atoms with Crippen molar-refractivity contribution in [1.29, 1.82) is 0 Å². The van der Waals surface area contributed by atoms with Crippen molar-refractivity contribution in [1.82, 2.24) is 0 Å². The molecule has 0 saturated carbocycles. The number of amides is 4. The van der Waals surface area contributed by atoms with Crippen molar-refractivity contribution in [3.8, 4) is 0 Å². The third-order valence-corrected chi connectivity index (χ3v) is 5.73. The summed E-state index contributed by atoms with van der Waals surface area (Å²) < 4.78 is 0. The maximum absolute atomic E-state index is 12.2. The zero-order valence-corrected chi connectivity index (χ0v) is 22.4. The van der Waals surface area contributed by atoms with Gasteiger partial charge in [0.2, 0.25) is 23.6 Å². The Kier molecular flexibility index (Phi) is 12.3. The number of rotatable bonds is 14. The van der Waals surface area contributed by atoms with Crippen molar-refractivity contribution < 1.29 is 19.2 Å². The van der Waals surface area contributed by atoms with Crippen molar-refractivity contribution >= 4 is 46.4 Å². The fourth-order valence-electron chi connectivity index (χ4n) is 3.40. The van der Waals surface area contributed by atoms with E-state index in [0.717, 1.165) is 32.1 Å². The molecule has 2 aromatic carbocycles. The molecule has 0 aliphatic rings. The zero-order chi connectivity index (χ0) is 27.2. The predicted molar refractivity (Wildman–Crippen MR) is 149 cm³/mol. The molecular formula is C29H40N4O4. The summed E-state index contributed by atoms with van der Waals surface area (Å²) in [5, 5.41) is 11.4. The maximum atomic E-state index is 12.2. The van der Waals surface area contributed by atoms with E-state index < -0.39 is 0 Å². The van der Waals surface area contributed by atoms with Gasteiger partial charge in [-0.1, -0.05) is 47.0 Å². The second-order valence-electron chi connectivity index (χ2n) is 9.81. The van der Waals surface area contributed by atoms with E-state index in [1.165, 1.54) is 0 Å². The summed E-state index contributed by atoms with van der Waals surface area (Å²) in [5.41, 5.74) is 2.81. The van der Waals surface area contributed by atoms with Gasteiger partial charge in [0.15, 0.2) is 0 Å². The van der Waals surface area contributed by atoms with Gasteiger partial charge in [0.25, 0.3) is 0 Å². The van der Waals surface area contributed by atoms with Crippen LogP contribution in [0.25, 0.3) is 0 Å². The minimum atomic E-state index is -0.0911. The van der Waals surface area contributed by atoms with Crippen LogP contribution < -0.4 is 21.3 Å². The number of carbonyl (C=O) groups excluding carboxylic acids is 4. The second kappa shape index (κ2) is 15.4. The van der Waals surface area contributed by atoms with Crippen molar-refractivity contribution in [2.24, 2.45) is 11.8 Å². The molecule has 0 aliphatic heterocycles. The van der Waals surface area contributed by atoms with Gasteiger partial charge < -0.3 is 21.3 Å². The largest absolute Gasteiger partial charge is 0.326 e. The monoisotopic (exact) mass is 508 g/mol. The van der Waals surface area contributed by atoms with Crippen LogP contribution in [0.4, 0.5) is 22.7 Å². The standard InChI is InChI=1S/C29H40N4O4/c1-20(2)28(36)32-24-16-12-22(13-17-24)30-26(34)10-8-6-5-7-9-11-27(35)31-23-14-18-25(19-15-23)33-29(37)21(3)4/h12-21H,5-11H2,1-4H3,(H,30,34)(H,31,35)(H,32,36)(H,33,37). The first-order chi connectivity index (χ1) is 17.6. The molecule has 0 spiro atoms. The van der Waals surface area contributed by atoms with Crippen LogP contribution in [0, 0.1) is 11.8 Å². The summed E-state index contributed by atoms with van der Waals surface area (Å²) >= 11 is 0. The van der Waals surface area contributed by atoms with Crippen LogP contribution in [0.3, 0.4) is 0 Å². The van der Waals surface area contributed by atoms with Crippen molar-refractivity contribution in [3.05, 3.63) is 48.5 Å². The zero-order valence-electron chi connectivity index (χ0n) is 22.4. The Labute approximate surface area is 220 Å². The molecule has 0 aromatic heterocycles. The Bertz CT molecular complexity index is 947. The van der Waals surface area contributed by atoms with Crippen LogP contribution in [0.1, 0.15) is 72.6 Å². The fourth-order valence-corrected chi connectivity index (χ4v) is 3.40. The van der Waals surface area contributed by atoms with Gasteiger partial charge in [-0.2, -0.15) is 0 Å². The molecule has 0 aliphatic carbocycles. The van der Waals surface area contributed by atoms with Crippen molar-refractivity contribution in [3.63, 3.8) is 0 Å². The van der Waals surface area contributed by atoms with E-state index in [1.807, 2.05) is 27.7 Å². The molecule has 0 saturated heterocycles. The molecule has 0 bridgehead atoms. The highest BCUT2D eigenvalue weighted by Gasteiger charge is 2.09. The quantitative estimate of drug-likeness (QED) is 0.228. The van der Waals surface area contributed by atoms with Gasteiger partial charge in [0, 0.05) is 47.4 Å². The fraction of sp³-hybridized carbons (Fsp3) is 0.448. The van der Waals surface area contributed by atoms with Crippen LogP contribution in [0.15, 0.2) is 48.5 Å². The Morgan fingerprint density at radius 3 is 1.05 bits per heavy atom. The van der Waals surface area contributed by atoms with Gasteiger partial charge in [-0.3, -0.25) is 19.2 Å². The first kappa shape index (κ1) is 29.5. The minimum absolute atomic E-state index is 0.0341. The van der Waals surface area contributed by atoms with E-state index in [4.69, 9.17) is 0 Å². The van der Waals surface area contributed by atoms with Crippen LogP contribution in [-0.2, 0) is 19.2 Å². The van der Waals surface area contributed by atoms with E-state index in [-0.39, 0.29) is 35.5 Å². The summed E-state index contributed by atoms with van der Waals surface area (Å²) in [6.07, 6.45) is 5.30. The molecule has 8 heteroatoms. The maximum Gasteiger partial charge on any atom is 0.226 e. The summed E-state index contributed by atoms with van der Waals surface area (Å²) in [5.74, 6) is -0.339. The van der Waals surface area contributed by atoms with E-state index in [0.29, 0.717) is 35.6 Å². The Morgan fingerprint density at radius 2 is 0.757 bits per heavy atom. The van der Waals surface area contributed by atoms with Crippen LogP contribution in [0.5, 0.6) is 0 Å². The van der Waals surface area contributed by atoms with E-state index >= 15 is 0 Å². The molecular weight excluding hydrogens is 468 g/mol.